The van der Waals surface area contributed by atoms with Crippen LogP contribution in [0.3, 0.4) is 0 Å². The summed E-state index contributed by atoms with van der Waals surface area (Å²) in [5.41, 5.74) is 3.59. The minimum absolute atomic E-state index is 0.0250. The van der Waals surface area contributed by atoms with Gasteiger partial charge in [-0.1, -0.05) is 37.8 Å². The molecule has 0 unspecified atom stereocenters. The standard InChI is InChI=1S/C12H20N2OSi/c1-14(2)13-12(15)10-8-6-7-9-11(10)16(3,4)5/h6-9H,1-5H3,(H,13,15). The first-order valence-electron chi connectivity index (χ1n) is 5.40. The molecule has 0 aliphatic carbocycles. The van der Waals surface area contributed by atoms with Crippen molar-refractivity contribution in [2.45, 2.75) is 19.6 Å². The Balaban J connectivity index is 3.09. The second-order valence-corrected chi connectivity index (χ2v) is 10.2. The van der Waals surface area contributed by atoms with E-state index < -0.39 is 8.07 Å². The SMILES string of the molecule is CN(C)NC(=O)c1ccccc1[Si](C)(C)C. The Morgan fingerprint density at radius 1 is 1.19 bits per heavy atom. The van der Waals surface area contributed by atoms with Gasteiger partial charge in [-0.3, -0.25) is 10.2 Å². The predicted molar refractivity (Wildman–Crippen MR) is 70.6 cm³/mol. The van der Waals surface area contributed by atoms with Crippen LogP contribution in [0.4, 0.5) is 0 Å². The quantitative estimate of drug-likeness (QED) is 0.636. The highest BCUT2D eigenvalue weighted by Gasteiger charge is 2.22. The molecule has 16 heavy (non-hydrogen) atoms. The van der Waals surface area contributed by atoms with Gasteiger partial charge in [-0.2, -0.15) is 0 Å². The van der Waals surface area contributed by atoms with Crippen LogP contribution in [0.25, 0.3) is 0 Å². The van der Waals surface area contributed by atoms with Crippen LogP contribution in [0.2, 0.25) is 19.6 Å². The van der Waals surface area contributed by atoms with Crippen LogP contribution in [0, 0.1) is 0 Å². The van der Waals surface area contributed by atoms with Crippen LogP contribution >= 0.6 is 0 Å². The highest BCUT2D eigenvalue weighted by molar-refractivity contribution is 6.89. The van der Waals surface area contributed by atoms with E-state index in [1.54, 1.807) is 5.01 Å². The fraction of sp³-hybridized carbons (Fsp3) is 0.417. The number of hydrogen-bond donors (Lipinski definition) is 1. The molecule has 1 aromatic rings. The Kier molecular flexibility index (Phi) is 3.88. The molecule has 0 heterocycles. The molecule has 0 bridgehead atoms. The number of hydrazine groups is 1. The number of rotatable bonds is 3. The lowest BCUT2D eigenvalue weighted by Crippen LogP contribution is -2.45. The molecular formula is C12H20N2OSi. The Bertz CT molecular complexity index is 383. The van der Waals surface area contributed by atoms with Crippen LogP contribution in [0.15, 0.2) is 24.3 Å². The zero-order chi connectivity index (χ0) is 12.3. The van der Waals surface area contributed by atoms with Crippen molar-refractivity contribution in [3.8, 4) is 0 Å². The molecule has 1 amide bonds. The minimum Gasteiger partial charge on any atom is -0.285 e. The number of amides is 1. The summed E-state index contributed by atoms with van der Waals surface area (Å²) in [5, 5.41) is 2.87. The van der Waals surface area contributed by atoms with Crippen molar-refractivity contribution in [1.82, 2.24) is 10.4 Å². The number of carbonyl (C=O) groups is 1. The van der Waals surface area contributed by atoms with E-state index in [-0.39, 0.29) is 5.91 Å². The van der Waals surface area contributed by atoms with Gasteiger partial charge in [-0.15, -0.1) is 0 Å². The first kappa shape index (κ1) is 12.9. The average Bonchev–Trinajstić information content (AvgIpc) is 2.15. The highest BCUT2D eigenvalue weighted by Crippen LogP contribution is 2.07. The Labute approximate surface area is 98.4 Å². The van der Waals surface area contributed by atoms with Crippen LogP contribution in [-0.2, 0) is 0 Å². The van der Waals surface area contributed by atoms with Gasteiger partial charge in [0.2, 0.25) is 0 Å². The normalized spacial score (nSPS) is 11.6. The van der Waals surface area contributed by atoms with Crippen molar-refractivity contribution in [2.75, 3.05) is 14.1 Å². The van der Waals surface area contributed by atoms with Gasteiger partial charge in [0.1, 0.15) is 0 Å². The summed E-state index contributed by atoms with van der Waals surface area (Å²) < 4.78 is 0. The molecule has 0 radical (unpaired) electrons. The zero-order valence-electron chi connectivity index (χ0n) is 10.7. The molecule has 0 atom stereocenters. The largest absolute Gasteiger partial charge is 0.285 e. The van der Waals surface area contributed by atoms with E-state index in [2.05, 4.69) is 31.1 Å². The second-order valence-electron chi connectivity index (χ2n) is 5.13. The zero-order valence-corrected chi connectivity index (χ0v) is 11.7. The molecule has 4 heteroatoms. The summed E-state index contributed by atoms with van der Waals surface area (Å²) in [7, 11) is 2.16. The van der Waals surface area contributed by atoms with Gasteiger partial charge in [0.05, 0.1) is 8.07 Å². The summed E-state index contributed by atoms with van der Waals surface area (Å²) >= 11 is 0. The van der Waals surface area contributed by atoms with Crippen LogP contribution < -0.4 is 10.6 Å². The number of nitrogens with one attached hydrogen (secondary N) is 1. The van der Waals surface area contributed by atoms with Crippen molar-refractivity contribution < 1.29 is 4.79 Å². The lowest BCUT2D eigenvalue weighted by atomic mass is 10.2. The van der Waals surface area contributed by atoms with Gasteiger partial charge in [-0.05, 0) is 11.3 Å². The van der Waals surface area contributed by atoms with E-state index in [1.807, 2.05) is 32.3 Å². The lowest BCUT2D eigenvalue weighted by Gasteiger charge is -2.21. The lowest BCUT2D eigenvalue weighted by molar-refractivity contribution is 0.0858. The molecule has 0 saturated heterocycles. The third kappa shape index (κ3) is 3.18. The van der Waals surface area contributed by atoms with Crippen molar-refractivity contribution in [3.63, 3.8) is 0 Å². The van der Waals surface area contributed by atoms with Gasteiger partial charge >= 0.3 is 0 Å². The first-order chi connectivity index (χ1) is 7.32. The molecule has 1 aromatic carbocycles. The van der Waals surface area contributed by atoms with E-state index in [0.717, 1.165) is 5.56 Å². The molecule has 88 valence electrons. The molecule has 3 nitrogen and oxygen atoms in total. The van der Waals surface area contributed by atoms with E-state index in [0.29, 0.717) is 0 Å². The van der Waals surface area contributed by atoms with E-state index in [9.17, 15) is 4.79 Å². The predicted octanol–water partition coefficient (Wildman–Crippen LogP) is 1.44. The van der Waals surface area contributed by atoms with Crippen molar-refractivity contribution in [1.29, 1.82) is 0 Å². The van der Waals surface area contributed by atoms with Crippen LogP contribution in [0.1, 0.15) is 10.4 Å². The monoisotopic (exact) mass is 236 g/mol. The van der Waals surface area contributed by atoms with Crippen molar-refractivity contribution in [2.24, 2.45) is 0 Å². The fourth-order valence-corrected chi connectivity index (χ4v) is 3.20. The molecule has 1 N–H and O–H groups in total. The molecule has 1 rings (SSSR count). The average molecular weight is 236 g/mol. The molecule has 0 spiro atoms. The highest BCUT2D eigenvalue weighted by atomic mass is 28.3. The summed E-state index contributed by atoms with van der Waals surface area (Å²) in [6, 6.07) is 7.87. The summed E-state index contributed by atoms with van der Waals surface area (Å²) in [6.07, 6.45) is 0. The molecule has 0 aliphatic rings. The van der Waals surface area contributed by atoms with E-state index >= 15 is 0 Å². The molecular weight excluding hydrogens is 216 g/mol. The second kappa shape index (κ2) is 4.80. The Morgan fingerprint density at radius 2 is 1.75 bits per heavy atom. The summed E-state index contributed by atoms with van der Waals surface area (Å²) in [4.78, 5) is 12.0. The van der Waals surface area contributed by atoms with Gasteiger partial charge in [0.25, 0.3) is 5.91 Å². The van der Waals surface area contributed by atoms with E-state index in [1.165, 1.54) is 5.19 Å². The summed E-state index contributed by atoms with van der Waals surface area (Å²) in [5.74, 6) is -0.0250. The number of nitrogens with zero attached hydrogens (tertiary/aromatic N) is 1. The smallest absolute Gasteiger partial charge is 0.265 e. The van der Waals surface area contributed by atoms with Crippen LogP contribution in [0.5, 0.6) is 0 Å². The fourth-order valence-electron chi connectivity index (χ4n) is 1.60. The van der Waals surface area contributed by atoms with Gasteiger partial charge in [-0.25, -0.2) is 5.01 Å². The number of benzene rings is 1. The molecule has 0 fully saturated rings. The number of carbonyl (C=O) groups excluding carboxylic acids is 1. The van der Waals surface area contributed by atoms with Gasteiger partial charge in [0, 0.05) is 19.7 Å². The maximum Gasteiger partial charge on any atom is 0.265 e. The third-order valence-corrected chi connectivity index (χ3v) is 4.36. The Hall–Kier alpha value is -1.13. The summed E-state index contributed by atoms with van der Waals surface area (Å²) in [6.45, 7) is 6.73. The maximum atomic E-state index is 12.0. The first-order valence-corrected chi connectivity index (χ1v) is 8.90. The van der Waals surface area contributed by atoms with Crippen LogP contribution in [-0.4, -0.2) is 33.1 Å². The minimum atomic E-state index is -1.47. The third-order valence-electron chi connectivity index (χ3n) is 2.30. The Morgan fingerprint density at radius 3 is 2.25 bits per heavy atom. The van der Waals surface area contributed by atoms with Gasteiger partial charge < -0.3 is 0 Å². The topological polar surface area (TPSA) is 32.3 Å². The van der Waals surface area contributed by atoms with Gasteiger partial charge in [0.15, 0.2) is 0 Å². The molecule has 0 aromatic heterocycles. The number of hydrogen-bond acceptors (Lipinski definition) is 2. The van der Waals surface area contributed by atoms with Crippen molar-refractivity contribution in [3.05, 3.63) is 29.8 Å². The molecule has 0 aliphatic heterocycles. The van der Waals surface area contributed by atoms with Crippen molar-refractivity contribution >= 4 is 19.2 Å². The molecule has 0 saturated carbocycles. The van der Waals surface area contributed by atoms with E-state index in [4.69, 9.17) is 0 Å². The maximum absolute atomic E-state index is 12.0.